The topological polar surface area (TPSA) is 97.2 Å². The molecule has 2 aromatic carbocycles. The zero-order valence-electron chi connectivity index (χ0n) is 16.5. The number of phenolic OH excluding ortho intramolecular Hbond substituents is 1. The number of nitrogens with one attached hydrogen (secondary N) is 1. The molecule has 0 aliphatic rings. The summed E-state index contributed by atoms with van der Waals surface area (Å²) in [5.74, 6) is -0.947. The van der Waals surface area contributed by atoms with Gasteiger partial charge in [0.15, 0.2) is 6.61 Å². The lowest BCUT2D eigenvalue weighted by molar-refractivity contribution is -0.120. The molecular weight excluding hydrogens is 484 g/mol. The number of oxime groups is 1. The minimum Gasteiger partial charge on any atom is -0.507 e. The Morgan fingerprint density at radius 3 is 2.65 bits per heavy atom. The summed E-state index contributed by atoms with van der Waals surface area (Å²) in [6.45, 7) is 1.57. The summed E-state index contributed by atoms with van der Waals surface area (Å²) in [6, 6.07) is 14.1. The van der Waals surface area contributed by atoms with Crippen molar-refractivity contribution in [2.24, 2.45) is 5.16 Å². The number of amides is 1. The number of anilines is 1. The van der Waals surface area contributed by atoms with Crippen molar-refractivity contribution >= 4 is 50.4 Å². The van der Waals surface area contributed by atoms with Crippen LogP contribution in [0.2, 0.25) is 0 Å². The largest absolute Gasteiger partial charge is 0.507 e. The lowest BCUT2D eigenvalue weighted by Crippen LogP contribution is -2.18. The van der Waals surface area contributed by atoms with Crippen molar-refractivity contribution in [3.05, 3.63) is 69.5 Å². The van der Waals surface area contributed by atoms with E-state index >= 15 is 0 Å². The molecule has 0 saturated carbocycles. The van der Waals surface area contributed by atoms with Crippen molar-refractivity contribution in [2.75, 3.05) is 18.5 Å². The van der Waals surface area contributed by atoms with Gasteiger partial charge in [0.05, 0.1) is 12.8 Å². The first-order valence-corrected chi connectivity index (χ1v) is 10.9. The van der Waals surface area contributed by atoms with Gasteiger partial charge in [0.2, 0.25) is 0 Å². The van der Waals surface area contributed by atoms with E-state index in [1.165, 1.54) is 23.6 Å². The maximum Gasteiger partial charge on any atom is 0.341 e. The number of para-hydroxylation sites is 1. The first-order valence-electron chi connectivity index (χ1n) is 9.27. The molecule has 9 heteroatoms. The number of rotatable bonds is 8. The van der Waals surface area contributed by atoms with E-state index in [0.717, 1.165) is 10.0 Å². The smallest absolute Gasteiger partial charge is 0.341 e. The number of benzene rings is 2. The van der Waals surface area contributed by atoms with Crippen molar-refractivity contribution in [1.29, 1.82) is 0 Å². The first-order chi connectivity index (χ1) is 15.0. The SMILES string of the molecule is CCOC(=O)c1c(-c2ccc(Br)cc2)csc1NC(=O)CO/N=C\c1ccccc1O. The van der Waals surface area contributed by atoms with E-state index in [4.69, 9.17) is 9.57 Å². The van der Waals surface area contributed by atoms with Crippen LogP contribution in [0.4, 0.5) is 5.00 Å². The van der Waals surface area contributed by atoms with Gasteiger partial charge in [-0.1, -0.05) is 45.4 Å². The Hall–Kier alpha value is -3.17. The van der Waals surface area contributed by atoms with Gasteiger partial charge in [-0.2, -0.15) is 0 Å². The Morgan fingerprint density at radius 1 is 1.19 bits per heavy atom. The van der Waals surface area contributed by atoms with Gasteiger partial charge in [0.1, 0.15) is 16.3 Å². The number of hydrogen-bond acceptors (Lipinski definition) is 7. The lowest BCUT2D eigenvalue weighted by Gasteiger charge is -2.08. The molecule has 3 rings (SSSR count). The number of carbonyl (C=O) groups excluding carboxylic acids is 2. The molecule has 1 amide bonds. The number of nitrogens with zero attached hydrogens (tertiary/aromatic N) is 1. The normalized spacial score (nSPS) is 10.8. The fourth-order valence-corrected chi connectivity index (χ4v) is 3.88. The molecular formula is C22H19BrN2O5S. The third kappa shape index (κ3) is 5.93. The summed E-state index contributed by atoms with van der Waals surface area (Å²) in [7, 11) is 0. The van der Waals surface area contributed by atoms with Crippen molar-refractivity contribution < 1.29 is 24.3 Å². The molecule has 0 aliphatic heterocycles. The van der Waals surface area contributed by atoms with Gasteiger partial charge in [0.25, 0.3) is 5.91 Å². The fraction of sp³-hybridized carbons (Fsp3) is 0.136. The molecule has 0 atom stereocenters. The monoisotopic (exact) mass is 502 g/mol. The number of halogens is 1. The fourth-order valence-electron chi connectivity index (χ4n) is 2.65. The van der Waals surface area contributed by atoms with E-state index < -0.39 is 11.9 Å². The molecule has 0 saturated heterocycles. The Labute approximate surface area is 191 Å². The van der Waals surface area contributed by atoms with Crippen LogP contribution in [-0.4, -0.2) is 36.4 Å². The van der Waals surface area contributed by atoms with Crippen molar-refractivity contribution in [2.45, 2.75) is 6.92 Å². The molecule has 31 heavy (non-hydrogen) atoms. The quantitative estimate of drug-likeness (QED) is 0.255. The predicted molar refractivity (Wildman–Crippen MR) is 124 cm³/mol. The second-order valence-corrected chi connectivity index (χ2v) is 7.99. The average Bonchev–Trinajstić information content (AvgIpc) is 3.16. The summed E-state index contributed by atoms with van der Waals surface area (Å²) in [5, 5.41) is 18.2. The Morgan fingerprint density at radius 2 is 1.94 bits per heavy atom. The Bertz CT molecular complexity index is 1100. The van der Waals surface area contributed by atoms with E-state index in [1.54, 1.807) is 30.5 Å². The minimum absolute atomic E-state index is 0.0532. The maximum absolute atomic E-state index is 12.6. The highest BCUT2D eigenvalue weighted by molar-refractivity contribution is 9.10. The van der Waals surface area contributed by atoms with E-state index in [0.29, 0.717) is 21.7 Å². The van der Waals surface area contributed by atoms with Crippen LogP contribution in [0.25, 0.3) is 11.1 Å². The molecule has 3 aromatic rings. The number of aromatic hydroxyl groups is 1. The van der Waals surface area contributed by atoms with Gasteiger partial charge in [-0.15, -0.1) is 11.3 Å². The summed E-state index contributed by atoms with van der Waals surface area (Å²) in [4.78, 5) is 29.9. The molecule has 0 fully saturated rings. The molecule has 1 heterocycles. The highest BCUT2D eigenvalue weighted by Gasteiger charge is 2.23. The van der Waals surface area contributed by atoms with Gasteiger partial charge in [-0.3, -0.25) is 4.79 Å². The van der Waals surface area contributed by atoms with E-state index in [-0.39, 0.29) is 19.0 Å². The zero-order chi connectivity index (χ0) is 22.2. The number of thiophene rings is 1. The molecule has 7 nitrogen and oxygen atoms in total. The zero-order valence-corrected chi connectivity index (χ0v) is 18.9. The molecule has 0 radical (unpaired) electrons. The molecule has 0 unspecified atom stereocenters. The summed E-state index contributed by atoms with van der Waals surface area (Å²) in [5.41, 5.74) is 2.25. The first kappa shape index (κ1) is 22.5. The second kappa shape index (κ2) is 10.7. The average molecular weight is 503 g/mol. The number of phenols is 1. The molecule has 1 aromatic heterocycles. The van der Waals surface area contributed by atoms with Crippen molar-refractivity contribution in [3.8, 4) is 16.9 Å². The van der Waals surface area contributed by atoms with Crippen LogP contribution in [-0.2, 0) is 14.4 Å². The Balaban J connectivity index is 1.71. The van der Waals surface area contributed by atoms with Crippen molar-refractivity contribution in [3.63, 3.8) is 0 Å². The molecule has 2 N–H and O–H groups in total. The van der Waals surface area contributed by atoms with Gasteiger partial charge < -0.3 is 20.0 Å². The molecule has 0 bridgehead atoms. The summed E-state index contributed by atoms with van der Waals surface area (Å²) >= 11 is 4.62. The van der Waals surface area contributed by atoms with Crippen LogP contribution < -0.4 is 5.32 Å². The number of esters is 1. The highest BCUT2D eigenvalue weighted by Crippen LogP contribution is 2.36. The van der Waals surface area contributed by atoms with Crippen LogP contribution in [0.1, 0.15) is 22.8 Å². The number of carbonyl (C=O) groups is 2. The van der Waals surface area contributed by atoms with Gasteiger partial charge in [-0.25, -0.2) is 4.79 Å². The molecule has 160 valence electrons. The van der Waals surface area contributed by atoms with Crippen LogP contribution in [0.5, 0.6) is 5.75 Å². The van der Waals surface area contributed by atoms with E-state index in [2.05, 4.69) is 26.4 Å². The maximum atomic E-state index is 12.6. The van der Waals surface area contributed by atoms with Gasteiger partial charge in [0, 0.05) is 21.0 Å². The van der Waals surface area contributed by atoms with Crippen LogP contribution >= 0.6 is 27.3 Å². The van der Waals surface area contributed by atoms with Crippen LogP contribution in [0, 0.1) is 0 Å². The Kier molecular flexibility index (Phi) is 7.80. The third-order valence-electron chi connectivity index (χ3n) is 4.08. The predicted octanol–water partition coefficient (Wildman–Crippen LogP) is 5.05. The number of ether oxygens (including phenoxy) is 1. The van der Waals surface area contributed by atoms with E-state index in [9.17, 15) is 14.7 Å². The molecule has 0 spiro atoms. The van der Waals surface area contributed by atoms with Crippen LogP contribution in [0.15, 0.2) is 63.5 Å². The minimum atomic E-state index is -0.518. The molecule has 0 aliphatic carbocycles. The summed E-state index contributed by atoms with van der Waals surface area (Å²) in [6.07, 6.45) is 1.31. The van der Waals surface area contributed by atoms with Gasteiger partial charge >= 0.3 is 5.97 Å². The third-order valence-corrected chi connectivity index (χ3v) is 5.50. The highest BCUT2D eigenvalue weighted by atomic mass is 79.9. The number of hydrogen-bond donors (Lipinski definition) is 2. The van der Waals surface area contributed by atoms with Crippen molar-refractivity contribution in [1.82, 2.24) is 0 Å². The van der Waals surface area contributed by atoms with E-state index in [1.807, 2.05) is 24.3 Å². The van der Waals surface area contributed by atoms with Crippen LogP contribution in [0.3, 0.4) is 0 Å². The standard InChI is InChI=1S/C22H19BrN2O5S/c1-2-29-22(28)20-17(14-7-9-16(23)10-8-14)13-31-21(20)25-19(27)12-30-24-11-15-5-3-4-6-18(15)26/h3-11,13,26H,2,12H2,1H3,(H,25,27)/b24-11-. The second-order valence-electron chi connectivity index (χ2n) is 6.20. The summed E-state index contributed by atoms with van der Waals surface area (Å²) < 4.78 is 6.10. The van der Waals surface area contributed by atoms with Gasteiger partial charge in [-0.05, 0) is 36.8 Å². The lowest BCUT2D eigenvalue weighted by atomic mass is 10.0.